The van der Waals surface area contributed by atoms with Crippen LogP contribution in [0.5, 0.6) is 5.75 Å². The fourth-order valence-electron chi connectivity index (χ4n) is 2.87. The third-order valence-corrected chi connectivity index (χ3v) is 4.95. The highest BCUT2D eigenvalue weighted by molar-refractivity contribution is 7.80. The van der Waals surface area contributed by atoms with E-state index in [1.165, 1.54) is 6.08 Å². The van der Waals surface area contributed by atoms with E-state index in [-0.39, 0.29) is 11.0 Å². The van der Waals surface area contributed by atoms with Gasteiger partial charge in [0.2, 0.25) is 5.91 Å². The zero-order valence-electron chi connectivity index (χ0n) is 17.8. The Balaban J connectivity index is 1.62. The van der Waals surface area contributed by atoms with Crippen molar-refractivity contribution in [3.05, 3.63) is 95.0 Å². The van der Waals surface area contributed by atoms with Gasteiger partial charge < -0.3 is 15.4 Å². The molecule has 0 aromatic heterocycles. The van der Waals surface area contributed by atoms with Crippen LogP contribution in [-0.2, 0) is 4.79 Å². The third-order valence-electron chi connectivity index (χ3n) is 4.40. The summed E-state index contributed by atoms with van der Waals surface area (Å²) in [5, 5.41) is 8.89. The number of thiocarbonyl (C=S) groups is 1. The maximum absolute atomic E-state index is 12.8. The van der Waals surface area contributed by atoms with Gasteiger partial charge in [0.05, 0.1) is 17.9 Å². The summed E-state index contributed by atoms with van der Waals surface area (Å²) in [6.45, 7) is 2.47. The first kappa shape index (κ1) is 24.0. The van der Waals surface area contributed by atoms with Crippen molar-refractivity contribution in [2.75, 3.05) is 17.2 Å². The minimum Gasteiger partial charge on any atom is -0.494 e. The number of amides is 2. The fourth-order valence-corrected chi connectivity index (χ4v) is 3.28. The number of carbonyl (C=O) groups excluding carboxylic acids is 2. The van der Waals surface area contributed by atoms with Crippen LogP contribution >= 0.6 is 23.8 Å². The zero-order valence-corrected chi connectivity index (χ0v) is 19.4. The molecule has 0 saturated heterocycles. The molecule has 0 saturated carbocycles. The van der Waals surface area contributed by atoms with E-state index < -0.39 is 5.91 Å². The van der Waals surface area contributed by atoms with Crippen LogP contribution in [0.3, 0.4) is 0 Å². The van der Waals surface area contributed by atoms with Crippen molar-refractivity contribution in [3.63, 3.8) is 0 Å². The molecule has 0 aliphatic carbocycles. The van der Waals surface area contributed by atoms with E-state index in [0.29, 0.717) is 34.1 Å². The van der Waals surface area contributed by atoms with Crippen LogP contribution in [-0.4, -0.2) is 23.5 Å². The molecular weight excluding hydrogens is 458 g/mol. The number of anilines is 2. The number of benzene rings is 3. The molecule has 0 unspecified atom stereocenters. The van der Waals surface area contributed by atoms with Gasteiger partial charge in [0.1, 0.15) is 5.75 Å². The average Bonchev–Trinajstić information content (AvgIpc) is 2.80. The Morgan fingerprint density at radius 2 is 1.67 bits per heavy atom. The standard InChI is InChI=1S/C25H22ClN3O3S/c1-2-32-19-14-12-18(13-15-19)27-24(31)20-8-4-6-10-22(20)28-25(33)29-23(30)16-11-17-7-3-5-9-21(17)26/h3-16H,2H2,1H3,(H,27,31)(H2,28,29,30,33). The van der Waals surface area contributed by atoms with Crippen LogP contribution in [0.25, 0.3) is 6.08 Å². The second-order valence-electron chi connectivity index (χ2n) is 6.76. The van der Waals surface area contributed by atoms with E-state index in [9.17, 15) is 9.59 Å². The maximum Gasteiger partial charge on any atom is 0.257 e. The molecule has 0 spiro atoms. The van der Waals surface area contributed by atoms with Gasteiger partial charge in [-0.2, -0.15) is 0 Å². The predicted molar refractivity (Wildman–Crippen MR) is 137 cm³/mol. The maximum atomic E-state index is 12.8. The van der Waals surface area contributed by atoms with Crippen LogP contribution in [0, 0.1) is 0 Å². The largest absolute Gasteiger partial charge is 0.494 e. The summed E-state index contributed by atoms with van der Waals surface area (Å²) in [7, 11) is 0. The van der Waals surface area contributed by atoms with Crippen molar-refractivity contribution in [1.82, 2.24) is 5.32 Å². The highest BCUT2D eigenvalue weighted by Crippen LogP contribution is 2.20. The number of ether oxygens (including phenoxy) is 1. The van der Waals surface area contributed by atoms with Crippen molar-refractivity contribution in [2.24, 2.45) is 0 Å². The van der Waals surface area contributed by atoms with Gasteiger partial charge in [-0.1, -0.05) is 41.9 Å². The van der Waals surface area contributed by atoms with Gasteiger partial charge in [0, 0.05) is 16.8 Å². The van der Waals surface area contributed by atoms with E-state index in [2.05, 4.69) is 16.0 Å². The molecule has 0 heterocycles. The summed E-state index contributed by atoms with van der Waals surface area (Å²) in [4.78, 5) is 25.0. The number of rotatable bonds is 7. The Morgan fingerprint density at radius 1 is 0.970 bits per heavy atom. The predicted octanol–water partition coefficient (Wildman–Crippen LogP) is 5.52. The molecule has 0 bridgehead atoms. The number of hydrogen-bond acceptors (Lipinski definition) is 4. The Hall–Kier alpha value is -3.68. The van der Waals surface area contributed by atoms with Crippen molar-refractivity contribution in [3.8, 4) is 5.75 Å². The molecule has 3 aromatic carbocycles. The van der Waals surface area contributed by atoms with Crippen LogP contribution in [0.1, 0.15) is 22.8 Å². The summed E-state index contributed by atoms with van der Waals surface area (Å²) in [5.74, 6) is -0.0269. The number of hydrogen-bond donors (Lipinski definition) is 3. The minimum atomic E-state index is -0.427. The summed E-state index contributed by atoms with van der Waals surface area (Å²) >= 11 is 11.3. The molecule has 0 aliphatic heterocycles. The quantitative estimate of drug-likeness (QED) is 0.307. The normalized spacial score (nSPS) is 10.5. The molecule has 2 amide bonds. The van der Waals surface area contributed by atoms with Crippen molar-refractivity contribution in [1.29, 1.82) is 0 Å². The first-order valence-corrected chi connectivity index (χ1v) is 10.9. The fraction of sp³-hybridized carbons (Fsp3) is 0.0800. The third kappa shape index (κ3) is 7.17. The number of nitrogens with one attached hydrogen (secondary N) is 3. The van der Waals surface area contributed by atoms with Gasteiger partial charge in [0.15, 0.2) is 5.11 Å². The monoisotopic (exact) mass is 479 g/mol. The summed E-state index contributed by atoms with van der Waals surface area (Å²) in [5.41, 5.74) is 2.17. The van der Waals surface area contributed by atoms with E-state index >= 15 is 0 Å². The van der Waals surface area contributed by atoms with Crippen molar-refractivity contribution >= 4 is 58.2 Å². The molecule has 3 aromatic rings. The van der Waals surface area contributed by atoms with Crippen molar-refractivity contribution < 1.29 is 14.3 Å². The Kier molecular flexibility index (Phi) is 8.57. The first-order valence-electron chi connectivity index (χ1n) is 10.1. The van der Waals surface area contributed by atoms with Gasteiger partial charge in [-0.15, -0.1) is 0 Å². The molecule has 3 N–H and O–H groups in total. The molecule has 0 radical (unpaired) electrons. The number of halogens is 1. The summed E-state index contributed by atoms with van der Waals surface area (Å²) < 4.78 is 5.41. The molecular formula is C25H22ClN3O3S. The van der Waals surface area contributed by atoms with E-state index in [1.54, 1.807) is 66.7 Å². The minimum absolute atomic E-state index is 0.0603. The second-order valence-corrected chi connectivity index (χ2v) is 7.57. The Labute approximate surface area is 202 Å². The molecule has 33 heavy (non-hydrogen) atoms. The van der Waals surface area contributed by atoms with Gasteiger partial charge >= 0.3 is 0 Å². The lowest BCUT2D eigenvalue weighted by atomic mass is 10.1. The summed E-state index contributed by atoms with van der Waals surface area (Å²) in [6.07, 6.45) is 2.93. The number of carbonyl (C=O) groups is 2. The molecule has 168 valence electrons. The number of para-hydroxylation sites is 1. The molecule has 8 heteroatoms. The Bertz CT molecular complexity index is 1180. The molecule has 0 atom stereocenters. The van der Waals surface area contributed by atoms with Gasteiger partial charge in [-0.3, -0.25) is 14.9 Å². The van der Waals surface area contributed by atoms with E-state index in [1.807, 2.05) is 19.1 Å². The Morgan fingerprint density at radius 3 is 2.39 bits per heavy atom. The van der Waals surface area contributed by atoms with Gasteiger partial charge in [-0.05, 0) is 73.2 Å². The van der Waals surface area contributed by atoms with Crippen LogP contribution in [0.4, 0.5) is 11.4 Å². The SMILES string of the molecule is CCOc1ccc(NC(=O)c2ccccc2NC(=S)NC(=O)C=Cc2ccccc2Cl)cc1. The molecule has 0 fully saturated rings. The summed E-state index contributed by atoms with van der Waals surface area (Å²) in [6, 6.07) is 21.1. The smallest absolute Gasteiger partial charge is 0.257 e. The van der Waals surface area contributed by atoms with Gasteiger partial charge in [0.25, 0.3) is 5.91 Å². The average molecular weight is 480 g/mol. The molecule has 3 rings (SSSR count). The lowest BCUT2D eigenvalue weighted by Gasteiger charge is -2.13. The highest BCUT2D eigenvalue weighted by atomic mass is 35.5. The van der Waals surface area contributed by atoms with E-state index in [4.69, 9.17) is 28.6 Å². The highest BCUT2D eigenvalue weighted by Gasteiger charge is 2.13. The van der Waals surface area contributed by atoms with Crippen LogP contribution in [0.2, 0.25) is 5.02 Å². The second kappa shape index (κ2) is 11.8. The topological polar surface area (TPSA) is 79.5 Å². The van der Waals surface area contributed by atoms with E-state index in [0.717, 1.165) is 5.75 Å². The zero-order chi connectivity index (χ0) is 23.6. The lowest BCUT2D eigenvalue weighted by molar-refractivity contribution is -0.115. The van der Waals surface area contributed by atoms with Crippen LogP contribution < -0.4 is 20.7 Å². The van der Waals surface area contributed by atoms with Gasteiger partial charge in [-0.25, -0.2) is 0 Å². The van der Waals surface area contributed by atoms with Crippen LogP contribution in [0.15, 0.2) is 78.9 Å². The first-order chi connectivity index (χ1) is 16.0. The lowest BCUT2D eigenvalue weighted by Crippen LogP contribution is -2.33. The van der Waals surface area contributed by atoms with Crippen molar-refractivity contribution in [2.45, 2.75) is 6.92 Å². The molecule has 0 aliphatic rings. The molecule has 6 nitrogen and oxygen atoms in total.